The van der Waals surface area contributed by atoms with Crippen LogP contribution in [0.2, 0.25) is 0 Å². The normalized spacial score (nSPS) is 18.1. The van der Waals surface area contributed by atoms with Gasteiger partial charge in [-0.05, 0) is 73.5 Å². The van der Waals surface area contributed by atoms with Gasteiger partial charge >= 0.3 is 0 Å². The molecule has 0 spiro atoms. The zero-order valence-electron chi connectivity index (χ0n) is 20.0. The number of benzene rings is 2. The van der Waals surface area contributed by atoms with E-state index >= 15 is 0 Å². The van der Waals surface area contributed by atoms with Crippen LogP contribution in [0.4, 0.5) is 5.69 Å². The molecule has 1 amide bonds. The van der Waals surface area contributed by atoms with Crippen molar-refractivity contribution in [1.82, 2.24) is 15.2 Å². The molecule has 1 atom stereocenters. The molecule has 5 rings (SSSR count). The molecule has 3 heterocycles. The predicted molar refractivity (Wildman–Crippen MR) is 140 cm³/mol. The number of nitrogens with zero attached hydrogens (tertiary/aromatic N) is 2. The number of pyridine rings is 1. The zero-order valence-corrected chi connectivity index (χ0v) is 20.8. The number of aromatic nitrogens is 1. The highest BCUT2D eigenvalue weighted by atomic mass is 32.2. The fourth-order valence-corrected chi connectivity index (χ4v) is 5.80. The quantitative estimate of drug-likeness (QED) is 0.460. The van der Waals surface area contributed by atoms with Crippen LogP contribution < -0.4 is 15.4 Å². The van der Waals surface area contributed by atoms with Crippen LogP contribution in [-0.2, 0) is 11.3 Å². The monoisotopic (exact) mass is 492 g/mol. The van der Waals surface area contributed by atoms with Crippen molar-refractivity contribution in [3.63, 3.8) is 0 Å². The largest absolute Gasteiger partial charge is 0.497 e. The highest BCUT2D eigenvalue weighted by molar-refractivity contribution is 7.99. The maximum Gasteiger partial charge on any atom is 0.225 e. The second-order valence-electron chi connectivity index (χ2n) is 9.23. The molecule has 0 saturated carbocycles. The molecule has 3 aromatic rings. The van der Waals surface area contributed by atoms with Crippen molar-refractivity contribution in [2.24, 2.45) is 0 Å². The number of thioether (sulfide) groups is 1. The van der Waals surface area contributed by atoms with E-state index in [1.165, 1.54) is 5.56 Å². The van der Waals surface area contributed by atoms with Crippen molar-refractivity contribution >= 4 is 34.3 Å². The number of anilines is 1. The summed E-state index contributed by atoms with van der Waals surface area (Å²) in [5.74, 6) is 1.69. The minimum atomic E-state index is -0.579. The Morgan fingerprint density at radius 2 is 2.09 bits per heavy atom. The molecule has 184 valence electrons. The lowest BCUT2D eigenvalue weighted by Gasteiger charge is -2.34. The molecule has 1 saturated heterocycles. The van der Waals surface area contributed by atoms with E-state index in [0.29, 0.717) is 19.0 Å². The highest BCUT2D eigenvalue weighted by Gasteiger charge is 2.23. The number of methoxy groups -OCH3 is 1. The van der Waals surface area contributed by atoms with E-state index in [2.05, 4.69) is 38.7 Å². The number of hydrogen-bond donors (Lipinski definition) is 3. The molecule has 1 fully saturated rings. The lowest BCUT2D eigenvalue weighted by Crippen LogP contribution is -2.43. The van der Waals surface area contributed by atoms with Crippen LogP contribution in [0.25, 0.3) is 10.9 Å². The molecular weight excluding hydrogens is 460 g/mol. The Bertz CT molecular complexity index is 1200. The van der Waals surface area contributed by atoms with Gasteiger partial charge in [0.15, 0.2) is 0 Å². The fraction of sp³-hybridized carbons (Fsp3) is 0.407. The summed E-state index contributed by atoms with van der Waals surface area (Å²) in [6.07, 6.45) is 3.82. The molecule has 1 aromatic heterocycles. The van der Waals surface area contributed by atoms with Gasteiger partial charge in [0.25, 0.3) is 0 Å². The van der Waals surface area contributed by atoms with Crippen molar-refractivity contribution in [3.05, 3.63) is 59.8 Å². The Morgan fingerprint density at radius 1 is 1.23 bits per heavy atom. The first-order chi connectivity index (χ1) is 17.1. The Hall–Kier alpha value is -2.65. The SMILES string of the molecule is COc1ccc2nccc([C@H](O)CN3CCC(NCc4ccc5c(c4)NC(=O)CCS5)CC3)c2c1. The summed E-state index contributed by atoms with van der Waals surface area (Å²) in [5, 5.41) is 18.7. The number of amides is 1. The van der Waals surface area contributed by atoms with Crippen LogP contribution in [-0.4, -0.2) is 59.4 Å². The number of piperidine rings is 1. The van der Waals surface area contributed by atoms with Gasteiger partial charge in [0.2, 0.25) is 5.91 Å². The van der Waals surface area contributed by atoms with E-state index in [1.54, 1.807) is 25.1 Å². The van der Waals surface area contributed by atoms with E-state index in [1.807, 2.05) is 24.3 Å². The van der Waals surface area contributed by atoms with Crippen molar-refractivity contribution in [2.75, 3.05) is 37.8 Å². The molecule has 2 aromatic carbocycles. The molecule has 2 aliphatic heterocycles. The van der Waals surface area contributed by atoms with Gasteiger partial charge in [-0.3, -0.25) is 9.78 Å². The number of likely N-dealkylation sites (tertiary alicyclic amines) is 1. The maximum absolute atomic E-state index is 11.9. The third-order valence-corrected chi connectivity index (χ3v) is 7.94. The molecule has 0 radical (unpaired) electrons. The molecule has 7 nitrogen and oxygen atoms in total. The third-order valence-electron chi connectivity index (χ3n) is 6.86. The van der Waals surface area contributed by atoms with Gasteiger partial charge in [-0.1, -0.05) is 6.07 Å². The first kappa shape index (κ1) is 24.1. The molecule has 0 unspecified atom stereocenters. The number of aliphatic hydroxyl groups excluding tert-OH is 1. The maximum atomic E-state index is 11.9. The van der Waals surface area contributed by atoms with Gasteiger partial charge in [0.1, 0.15) is 5.75 Å². The van der Waals surface area contributed by atoms with Gasteiger partial charge in [-0.15, -0.1) is 11.8 Å². The predicted octanol–water partition coefficient (Wildman–Crippen LogP) is 3.97. The number of hydrogen-bond acceptors (Lipinski definition) is 7. The topological polar surface area (TPSA) is 86.7 Å². The van der Waals surface area contributed by atoms with Crippen molar-refractivity contribution in [2.45, 2.75) is 42.8 Å². The summed E-state index contributed by atoms with van der Waals surface area (Å²) in [6.45, 7) is 3.27. The van der Waals surface area contributed by atoms with Crippen LogP contribution in [0.1, 0.15) is 36.5 Å². The first-order valence-corrected chi connectivity index (χ1v) is 13.2. The van der Waals surface area contributed by atoms with E-state index in [-0.39, 0.29) is 5.91 Å². The van der Waals surface area contributed by atoms with Crippen LogP contribution in [0.5, 0.6) is 5.75 Å². The minimum absolute atomic E-state index is 0.0924. The minimum Gasteiger partial charge on any atom is -0.497 e. The number of fused-ring (bicyclic) bond motifs is 2. The molecule has 2 aliphatic rings. The lowest BCUT2D eigenvalue weighted by molar-refractivity contribution is -0.115. The summed E-state index contributed by atoms with van der Waals surface area (Å²) in [4.78, 5) is 19.8. The Balaban J connectivity index is 1.14. The molecule has 0 bridgehead atoms. The van der Waals surface area contributed by atoms with Gasteiger partial charge in [-0.25, -0.2) is 0 Å². The number of carbonyl (C=O) groups excluding carboxylic acids is 1. The zero-order chi connectivity index (χ0) is 24.2. The number of β-amino-alcohol motifs (C(OH)–C–C–N with tert-alkyl or cyclic N) is 1. The molecule has 3 N–H and O–H groups in total. The summed E-state index contributed by atoms with van der Waals surface area (Å²) < 4.78 is 5.37. The van der Waals surface area contributed by atoms with E-state index in [0.717, 1.165) is 71.0 Å². The number of rotatable bonds is 7. The van der Waals surface area contributed by atoms with E-state index < -0.39 is 6.10 Å². The Morgan fingerprint density at radius 3 is 2.91 bits per heavy atom. The average Bonchev–Trinajstić information content (AvgIpc) is 3.07. The summed E-state index contributed by atoms with van der Waals surface area (Å²) in [6, 6.07) is 14.5. The van der Waals surface area contributed by atoms with Crippen molar-refractivity contribution in [1.29, 1.82) is 0 Å². The van der Waals surface area contributed by atoms with Crippen molar-refractivity contribution < 1.29 is 14.6 Å². The number of carbonyl (C=O) groups is 1. The van der Waals surface area contributed by atoms with Gasteiger partial charge in [-0.2, -0.15) is 0 Å². The number of ether oxygens (including phenoxy) is 1. The fourth-order valence-electron chi connectivity index (χ4n) is 4.87. The summed E-state index contributed by atoms with van der Waals surface area (Å²) in [7, 11) is 1.65. The molecule has 35 heavy (non-hydrogen) atoms. The highest BCUT2D eigenvalue weighted by Crippen LogP contribution is 2.32. The Labute approximate surface area is 210 Å². The molecule has 0 aliphatic carbocycles. The van der Waals surface area contributed by atoms with Crippen LogP contribution in [0, 0.1) is 0 Å². The molecule has 8 heteroatoms. The van der Waals surface area contributed by atoms with Crippen LogP contribution in [0.3, 0.4) is 0 Å². The van der Waals surface area contributed by atoms with E-state index in [9.17, 15) is 9.90 Å². The third kappa shape index (κ3) is 5.78. The Kier molecular flexibility index (Phi) is 7.53. The lowest BCUT2D eigenvalue weighted by atomic mass is 10.0. The van der Waals surface area contributed by atoms with Crippen LogP contribution >= 0.6 is 11.8 Å². The average molecular weight is 493 g/mol. The van der Waals surface area contributed by atoms with Gasteiger partial charge in [0, 0.05) is 47.8 Å². The van der Waals surface area contributed by atoms with Gasteiger partial charge in [0.05, 0.1) is 24.4 Å². The van der Waals surface area contributed by atoms with Gasteiger partial charge < -0.3 is 25.4 Å². The summed E-state index contributed by atoms with van der Waals surface area (Å²) in [5.41, 5.74) is 3.87. The second kappa shape index (κ2) is 11.0. The number of aliphatic hydroxyl groups is 1. The smallest absolute Gasteiger partial charge is 0.225 e. The van der Waals surface area contributed by atoms with E-state index in [4.69, 9.17) is 4.74 Å². The molecular formula is C27H32N4O3S. The first-order valence-electron chi connectivity index (χ1n) is 12.2. The second-order valence-corrected chi connectivity index (χ2v) is 10.4. The standard InChI is InChI=1S/C27H32N4O3S/c1-34-20-3-4-23-22(15-20)21(6-10-28-23)25(32)17-31-11-7-19(8-12-31)29-16-18-2-5-26-24(14-18)30-27(33)9-13-35-26/h2-6,10,14-15,19,25,29,32H,7-9,11-13,16-17H2,1H3,(H,30,33)/t25-/m1/s1. The van der Waals surface area contributed by atoms with Crippen molar-refractivity contribution in [3.8, 4) is 5.75 Å². The number of nitrogens with one attached hydrogen (secondary N) is 2. The van der Waals surface area contributed by atoms with Crippen LogP contribution in [0.15, 0.2) is 53.6 Å². The summed E-state index contributed by atoms with van der Waals surface area (Å²) >= 11 is 1.73.